The number of benzene rings is 1. The van der Waals surface area contributed by atoms with Crippen LogP contribution in [0.3, 0.4) is 0 Å². The number of thioether (sulfide) groups is 1. The normalized spacial score (nSPS) is 26.5. The molecule has 0 saturated carbocycles. The van der Waals surface area contributed by atoms with E-state index < -0.39 is 15.9 Å². The highest BCUT2D eigenvalue weighted by Crippen LogP contribution is 2.46. The van der Waals surface area contributed by atoms with Crippen LogP contribution in [0.2, 0.25) is 0 Å². The van der Waals surface area contributed by atoms with Gasteiger partial charge in [-0.2, -0.15) is 0 Å². The second kappa shape index (κ2) is 7.23. The summed E-state index contributed by atoms with van der Waals surface area (Å²) in [5.74, 6) is -0.612. The van der Waals surface area contributed by atoms with Crippen molar-refractivity contribution in [2.75, 3.05) is 23.0 Å². The van der Waals surface area contributed by atoms with Crippen LogP contribution < -0.4 is 4.90 Å². The van der Waals surface area contributed by atoms with Gasteiger partial charge in [-0.05, 0) is 31.0 Å². The molecule has 0 spiro atoms. The smallest absolute Gasteiger partial charge is 0.267 e. The first-order chi connectivity index (χ1) is 13.2. The van der Waals surface area contributed by atoms with E-state index in [0.717, 1.165) is 28.3 Å². The minimum Gasteiger partial charge on any atom is -0.308 e. The Labute approximate surface area is 181 Å². The molecule has 1 aromatic carbocycles. The molecule has 10 heteroatoms. The molecular formula is C18H17BrN2O4S3. The maximum absolute atomic E-state index is 13.2. The van der Waals surface area contributed by atoms with Crippen LogP contribution in [-0.2, 0) is 19.4 Å². The van der Waals surface area contributed by atoms with Crippen LogP contribution in [0.4, 0.5) is 5.69 Å². The molecule has 6 nitrogen and oxygen atoms in total. The summed E-state index contributed by atoms with van der Waals surface area (Å²) in [5.41, 5.74) is 1.83. The van der Waals surface area contributed by atoms with Gasteiger partial charge in [0, 0.05) is 16.6 Å². The SMILES string of the molecule is CCCN1C(=O)C(=C2SC(=S)N(C3CCS(=O)(=O)C3)C2=O)c2cc(Br)ccc21. The van der Waals surface area contributed by atoms with Crippen LogP contribution in [-0.4, -0.2) is 53.5 Å². The lowest BCUT2D eigenvalue weighted by Gasteiger charge is -2.21. The van der Waals surface area contributed by atoms with Gasteiger partial charge in [0.2, 0.25) is 0 Å². The summed E-state index contributed by atoms with van der Waals surface area (Å²) in [7, 11) is -3.16. The highest BCUT2D eigenvalue weighted by atomic mass is 79.9. The van der Waals surface area contributed by atoms with Gasteiger partial charge in [-0.15, -0.1) is 0 Å². The lowest BCUT2D eigenvalue weighted by molar-refractivity contribution is -0.123. The van der Waals surface area contributed by atoms with Crippen molar-refractivity contribution < 1.29 is 18.0 Å². The average Bonchev–Trinajstić information content (AvgIpc) is 3.20. The van der Waals surface area contributed by atoms with E-state index in [4.69, 9.17) is 12.2 Å². The Morgan fingerprint density at radius 2 is 2.04 bits per heavy atom. The Morgan fingerprint density at radius 1 is 1.29 bits per heavy atom. The van der Waals surface area contributed by atoms with E-state index in [2.05, 4.69) is 15.9 Å². The summed E-state index contributed by atoms with van der Waals surface area (Å²) in [4.78, 5) is 29.7. The van der Waals surface area contributed by atoms with Crippen molar-refractivity contribution in [1.82, 2.24) is 4.90 Å². The van der Waals surface area contributed by atoms with Crippen LogP contribution in [0.25, 0.3) is 5.57 Å². The van der Waals surface area contributed by atoms with E-state index >= 15 is 0 Å². The van der Waals surface area contributed by atoms with Crippen LogP contribution in [0.15, 0.2) is 27.6 Å². The Hall–Kier alpha value is -1.23. The zero-order valence-corrected chi connectivity index (χ0v) is 19.0. The van der Waals surface area contributed by atoms with Gasteiger partial charge in [0.25, 0.3) is 11.8 Å². The van der Waals surface area contributed by atoms with Gasteiger partial charge in [0.05, 0.1) is 33.7 Å². The van der Waals surface area contributed by atoms with Gasteiger partial charge in [-0.25, -0.2) is 8.42 Å². The molecule has 0 N–H and O–H groups in total. The topological polar surface area (TPSA) is 74.8 Å². The lowest BCUT2D eigenvalue weighted by atomic mass is 10.1. The molecule has 3 aliphatic rings. The number of halogens is 1. The Balaban J connectivity index is 1.79. The quantitative estimate of drug-likeness (QED) is 0.469. The number of carbonyl (C=O) groups excluding carboxylic acids is 2. The molecule has 1 unspecified atom stereocenters. The number of hydrogen-bond donors (Lipinski definition) is 0. The van der Waals surface area contributed by atoms with Crippen LogP contribution in [0.1, 0.15) is 25.3 Å². The Bertz CT molecular complexity index is 1050. The second-order valence-electron chi connectivity index (χ2n) is 6.92. The van der Waals surface area contributed by atoms with Crippen molar-refractivity contribution >= 4 is 77.1 Å². The molecule has 0 bridgehead atoms. The molecule has 2 amide bonds. The predicted molar refractivity (Wildman–Crippen MR) is 118 cm³/mol. The second-order valence-corrected chi connectivity index (χ2v) is 11.7. The zero-order chi connectivity index (χ0) is 20.2. The van der Waals surface area contributed by atoms with Crippen molar-refractivity contribution in [2.45, 2.75) is 25.8 Å². The average molecular weight is 501 g/mol. The zero-order valence-electron chi connectivity index (χ0n) is 15.0. The third-order valence-electron chi connectivity index (χ3n) is 5.02. The highest BCUT2D eigenvalue weighted by Gasteiger charge is 2.46. The summed E-state index contributed by atoms with van der Waals surface area (Å²) in [5, 5.41) is 0. The lowest BCUT2D eigenvalue weighted by Crippen LogP contribution is -2.39. The standard InChI is InChI=1S/C18H17BrN2O4S3/c1-2-6-20-13-4-3-10(19)8-12(13)14(16(20)22)15-17(23)21(18(26)27-15)11-5-7-28(24,25)9-11/h3-4,8,11H,2,5-7,9H2,1H3. The van der Waals surface area contributed by atoms with Crippen molar-refractivity contribution in [3.8, 4) is 0 Å². The van der Waals surface area contributed by atoms with E-state index in [-0.39, 0.29) is 28.2 Å². The molecule has 3 heterocycles. The van der Waals surface area contributed by atoms with Gasteiger partial charge in [0.1, 0.15) is 4.32 Å². The predicted octanol–water partition coefficient (Wildman–Crippen LogP) is 2.96. The molecule has 0 aliphatic carbocycles. The summed E-state index contributed by atoms with van der Waals surface area (Å²) in [6, 6.07) is 5.11. The summed E-state index contributed by atoms with van der Waals surface area (Å²) >= 11 is 9.92. The maximum Gasteiger partial charge on any atom is 0.267 e. The fraction of sp³-hybridized carbons (Fsp3) is 0.389. The van der Waals surface area contributed by atoms with Crippen molar-refractivity contribution in [2.24, 2.45) is 0 Å². The third kappa shape index (κ3) is 3.24. The first-order valence-electron chi connectivity index (χ1n) is 8.85. The molecule has 148 valence electrons. The molecule has 2 fully saturated rings. The third-order valence-corrected chi connectivity index (χ3v) is 8.67. The number of fused-ring (bicyclic) bond motifs is 1. The van der Waals surface area contributed by atoms with Crippen LogP contribution in [0.5, 0.6) is 0 Å². The van der Waals surface area contributed by atoms with Crippen LogP contribution >= 0.6 is 39.9 Å². The first-order valence-corrected chi connectivity index (χ1v) is 12.7. The van der Waals surface area contributed by atoms with E-state index in [1.54, 1.807) is 4.90 Å². The summed E-state index contributed by atoms with van der Waals surface area (Å²) in [6.45, 7) is 2.54. The van der Waals surface area contributed by atoms with Crippen molar-refractivity contribution in [1.29, 1.82) is 0 Å². The number of amides is 2. The summed E-state index contributed by atoms with van der Waals surface area (Å²) in [6.07, 6.45) is 1.16. The monoisotopic (exact) mass is 500 g/mol. The Morgan fingerprint density at radius 3 is 2.68 bits per heavy atom. The van der Waals surface area contributed by atoms with Crippen LogP contribution in [0, 0.1) is 0 Å². The van der Waals surface area contributed by atoms with Crippen molar-refractivity contribution in [3.05, 3.63) is 33.1 Å². The fourth-order valence-electron chi connectivity index (χ4n) is 3.79. The molecule has 0 aromatic heterocycles. The van der Waals surface area contributed by atoms with Gasteiger partial charge in [-0.3, -0.25) is 14.5 Å². The fourth-order valence-corrected chi connectivity index (χ4v) is 7.33. The number of thiocarbonyl (C=S) groups is 1. The maximum atomic E-state index is 13.2. The molecular weight excluding hydrogens is 484 g/mol. The van der Waals surface area contributed by atoms with Gasteiger partial charge >= 0.3 is 0 Å². The van der Waals surface area contributed by atoms with E-state index in [1.165, 1.54) is 4.90 Å². The number of sulfone groups is 1. The summed E-state index contributed by atoms with van der Waals surface area (Å²) < 4.78 is 24.8. The van der Waals surface area contributed by atoms with E-state index in [0.29, 0.717) is 28.4 Å². The molecule has 1 atom stereocenters. The van der Waals surface area contributed by atoms with Gasteiger partial charge in [0.15, 0.2) is 9.84 Å². The minimum atomic E-state index is -3.16. The van der Waals surface area contributed by atoms with Crippen molar-refractivity contribution in [3.63, 3.8) is 0 Å². The number of carbonyl (C=O) groups is 2. The minimum absolute atomic E-state index is 0.0552. The molecule has 4 rings (SSSR count). The molecule has 28 heavy (non-hydrogen) atoms. The number of hydrogen-bond acceptors (Lipinski definition) is 6. The van der Waals surface area contributed by atoms with Gasteiger partial charge < -0.3 is 4.90 Å². The molecule has 3 aliphatic heterocycles. The molecule has 0 radical (unpaired) electrons. The van der Waals surface area contributed by atoms with Gasteiger partial charge in [-0.1, -0.05) is 46.8 Å². The number of rotatable bonds is 3. The largest absolute Gasteiger partial charge is 0.308 e. The molecule has 1 aromatic rings. The number of nitrogens with zero attached hydrogens (tertiary/aromatic N) is 2. The highest BCUT2D eigenvalue weighted by molar-refractivity contribution is 9.10. The Kier molecular flexibility index (Phi) is 5.18. The van der Waals surface area contributed by atoms with E-state index in [9.17, 15) is 18.0 Å². The first kappa shape index (κ1) is 20.1. The van der Waals surface area contributed by atoms with E-state index in [1.807, 2.05) is 25.1 Å². The number of anilines is 1. The molecule has 2 saturated heterocycles.